The number of ketones is 1. The highest BCUT2D eigenvalue weighted by Gasteiger charge is 2.26. The third-order valence-electron chi connectivity index (χ3n) is 5.60. The molecule has 0 aliphatic heterocycles. The number of rotatable bonds is 7. The number of anilines is 2. The first-order valence-electron chi connectivity index (χ1n) is 10.3. The lowest BCUT2D eigenvalue weighted by molar-refractivity contribution is -0.126. The lowest BCUT2D eigenvalue weighted by atomic mass is 10.1. The first kappa shape index (κ1) is 23.4. The number of likely N-dealkylation sites (N-methyl/N-ethyl adjacent to an activating group) is 1. The van der Waals surface area contributed by atoms with Crippen molar-refractivity contribution >= 4 is 77.6 Å². The molecule has 7 nitrogen and oxygen atoms in total. The molecule has 0 spiro atoms. The lowest BCUT2D eigenvalue weighted by Crippen LogP contribution is -2.36. The van der Waals surface area contributed by atoms with Crippen LogP contribution in [0.15, 0.2) is 42.6 Å². The SMILES string of the molecule is CCN(CC)C(=O)C(=O)c1c[nH]c2ccc(N(c3sc4ccc(Cl)cc4c3C)S(=O)O)cc12. The number of fused-ring (bicyclic) bond motifs is 2. The van der Waals surface area contributed by atoms with Gasteiger partial charge in [0.2, 0.25) is 0 Å². The number of aromatic amines is 1. The molecule has 1 amide bonds. The van der Waals surface area contributed by atoms with Crippen molar-refractivity contribution in [2.75, 3.05) is 17.4 Å². The quantitative estimate of drug-likeness (QED) is 0.193. The van der Waals surface area contributed by atoms with E-state index >= 15 is 0 Å². The number of nitrogens with zero attached hydrogens (tertiary/aromatic N) is 2. The number of nitrogens with one attached hydrogen (secondary N) is 1. The number of benzene rings is 2. The molecule has 2 N–H and O–H groups in total. The predicted molar refractivity (Wildman–Crippen MR) is 135 cm³/mol. The number of thiophene rings is 1. The summed E-state index contributed by atoms with van der Waals surface area (Å²) in [6.07, 6.45) is 1.51. The Morgan fingerprint density at radius 2 is 1.85 bits per heavy atom. The molecule has 10 heteroatoms. The summed E-state index contributed by atoms with van der Waals surface area (Å²) >= 11 is 5.14. The molecule has 0 aliphatic carbocycles. The van der Waals surface area contributed by atoms with Crippen molar-refractivity contribution in [1.82, 2.24) is 9.88 Å². The number of aryl methyl sites for hydroxylation is 1. The van der Waals surface area contributed by atoms with Crippen LogP contribution >= 0.6 is 22.9 Å². The number of hydrogen-bond donors (Lipinski definition) is 2. The minimum absolute atomic E-state index is 0.229. The van der Waals surface area contributed by atoms with Gasteiger partial charge in [0.1, 0.15) is 5.00 Å². The van der Waals surface area contributed by atoms with Gasteiger partial charge in [-0.25, -0.2) is 8.51 Å². The van der Waals surface area contributed by atoms with Crippen molar-refractivity contribution in [3.63, 3.8) is 0 Å². The van der Waals surface area contributed by atoms with Crippen LogP contribution in [0.5, 0.6) is 0 Å². The maximum absolute atomic E-state index is 12.9. The molecule has 33 heavy (non-hydrogen) atoms. The van der Waals surface area contributed by atoms with Crippen LogP contribution in [0.2, 0.25) is 5.02 Å². The first-order chi connectivity index (χ1) is 15.8. The zero-order chi connectivity index (χ0) is 23.9. The minimum atomic E-state index is -2.37. The maximum atomic E-state index is 12.9. The van der Waals surface area contributed by atoms with Gasteiger partial charge < -0.3 is 9.88 Å². The van der Waals surface area contributed by atoms with Crippen molar-refractivity contribution < 1.29 is 18.4 Å². The van der Waals surface area contributed by atoms with Crippen LogP contribution in [0, 0.1) is 6.92 Å². The highest BCUT2D eigenvalue weighted by molar-refractivity contribution is 7.81. The molecule has 1 atom stereocenters. The Bertz CT molecular complexity index is 1410. The second kappa shape index (κ2) is 9.26. The molecule has 0 aliphatic rings. The molecule has 0 bridgehead atoms. The summed E-state index contributed by atoms with van der Waals surface area (Å²) in [5, 5.41) is 2.59. The van der Waals surface area contributed by atoms with E-state index in [-0.39, 0.29) is 5.56 Å². The molecule has 0 saturated carbocycles. The van der Waals surface area contributed by atoms with E-state index in [1.54, 1.807) is 24.3 Å². The summed E-state index contributed by atoms with van der Waals surface area (Å²) in [6.45, 7) is 6.37. The van der Waals surface area contributed by atoms with Crippen molar-refractivity contribution in [3.8, 4) is 0 Å². The molecule has 1 unspecified atom stereocenters. The Morgan fingerprint density at radius 1 is 1.12 bits per heavy atom. The second-order valence-corrected chi connectivity index (χ2v) is 9.73. The fourth-order valence-corrected chi connectivity index (χ4v) is 6.01. The standard InChI is InChI=1S/C23H22ClN3O4S2/c1-4-26(5-2)22(29)21(28)18-12-25-19-8-7-15(11-17(18)19)27(33(30)31)23-13(3)16-10-14(24)6-9-20(16)32-23/h6-12,25H,4-5H2,1-3H3,(H,30,31). The molecular weight excluding hydrogens is 482 g/mol. The van der Waals surface area contributed by atoms with Crippen LogP contribution in [-0.4, -0.2) is 43.4 Å². The fraction of sp³-hybridized carbons (Fsp3) is 0.217. The zero-order valence-corrected chi connectivity index (χ0v) is 20.6. The number of aromatic nitrogens is 1. The normalized spacial score (nSPS) is 12.3. The number of H-pyrrole nitrogens is 1. The van der Waals surface area contributed by atoms with Crippen molar-refractivity contribution in [2.24, 2.45) is 0 Å². The van der Waals surface area contributed by atoms with Crippen LogP contribution < -0.4 is 4.31 Å². The summed E-state index contributed by atoms with van der Waals surface area (Å²) in [5.41, 5.74) is 2.13. The molecule has 0 radical (unpaired) electrons. The van der Waals surface area contributed by atoms with Crippen LogP contribution in [0.4, 0.5) is 10.7 Å². The second-order valence-electron chi connectivity index (χ2n) is 7.44. The van der Waals surface area contributed by atoms with Crippen LogP contribution in [0.1, 0.15) is 29.8 Å². The van der Waals surface area contributed by atoms with Gasteiger partial charge in [-0.05, 0) is 68.1 Å². The van der Waals surface area contributed by atoms with Gasteiger partial charge in [-0.3, -0.25) is 14.1 Å². The van der Waals surface area contributed by atoms with Crippen molar-refractivity contribution in [2.45, 2.75) is 20.8 Å². The molecule has 2 heterocycles. The third kappa shape index (κ3) is 4.17. The summed E-state index contributed by atoms with van der Waals surface area (Å²) in [6, 6.07) is 10.6. The van der Waals surface area contributed by atoms with Gasteiger partial charge in [-0.2, -0.15) is 0 Å². The molecule has 4 aromatic rings. The van der Waals surface area contributed by atoms with Gasteiger partial charge in [0.25, 0.3) is 23.0 Å². The monoisotopic (exact) mass is 503 g/mol. The van der Waals surface area contributed by atoms with E-state index in [4.69, 9.17) is 11.6 Å². The van der Waals surface area contributed by atoms with E-state index in [1.165, 1.54) is 26.7 Å². The summed E-state index contributed by atoms with van der Waals surface area (Å²) in [7, 11) is 0. The number of carbonyl (C=O) groups is 2. The van der Waals surface area contributed by atoms with E-state index in [9.17, 15) is 18.4 Å². The number of carbonyl (C=O) groups excluding carboxylic acids is 2. The van der Waals surface area contributed by atoms with Crippen molar-refractivity contribution in [3.05, 3.63) is 58.7 Å². The Balaban J connectivity index is 1.82. The predicted octanol–water partition coefficient (Wildman–Crippen LogP) is 5.67. The number of Topliss-reactive ketones (excluding diaryl/α,β-unsaturated/α-hetero) is 1. The van der Waals surface area contributed by atoms with Crippen LogP contribution in [-0.2, 0) is 16.1 Å². The Kier molecular flexibility index (Phi) is 6.58. The van der Waals surface area contributed by atoms with Crippen LogP contribution in [0.3, 0.4) is 0 Å². The molecule has 2 aromatic heterocycles. The fourth-order valence-electron chi connectivity index (χ4n) is 3.84. The van der Waals surface area contributed by atoms with E-state index < -0.39 is 23.0 Å². The average Bonchev–Trinajstić information content (AvgIpc) is 3.35. The highest BCUT2D eigenvalue weighted by Crippen LogP contribution is 2.42. The maximum Gasteiger partial charge on any atom is 0.295 e. The summed E-state index contributed by atoms with van der Waals surface area (Å²) in [4.78, 5) is 30.0. The Hall–Kier alpha value is -2.72. The molecule has 2 aromatic carbocycles. The minimum Gasteiger partial charge on any atom is -0.360 e. The molecule has 0 fully saturated rings. The van der Waals surface area contributed by atoms with E-state index in [1.807, 2.05) is 32.9 Å². The van der Waals surface area contributed by atoms with Gasteiger partial charge in [0.15, 0.2) is 0 Å². The van der Waals surface area contributed by atoms with Crippen molar-refractivity contribution in [1.29, 1.82) is 0 Å². The summed E-state index contributed by atoms with van der Waals surface area (Å²) < 4.78 is 24.9. The average molecular weight is 504 g/mol. The topological polar surface area (TPSA) is 93.7 Å². The van der Waals surface area contributed by atoms with Gasteiger partial charge in [0, 0.05) is 39.9 Å². The van der Waals surface area contributed by atoms with Gasteiger partial charge >= 0.3 is 0 Å². The van der Waals surface area contributed by atoms with Gasteiger partial charge in [0.05, 0.1) is 11.3 Å². The Morgan fingerprint density at radius 3 is 2.52 bits per heavy atom. The number of halogens is 1. The first-order valence-corrected chi connectivity index (χ1v) is 12.6. The Labute approximate surface area is 202 Å². The van der Waals surface area contributed by atoms with Gasteiger partial charge in [-0.1, -0.05) is 11.6 Å². The molecular formula is C23H22ClN3O4S2. The summed E-state index contributed by atoms with van der Waals surface area (Å²) in [5.74, 6) is -1.20. The van der Waals surface area contributed by atoms with Crippen LogP contribution in [0.25, 0.3) is 21.0 Å². The van der Waals surface area contributed by atoms with E-state index in [0.29, 0.717) is 39.7 Å². The van der Waals surface area contributed by atoms with E-state index in [2.05, 4.69) is 4.98 Å². The van der Waals surface area contributed by atoms with Gasteiger partial charge in [-0.15, -0.1) is 11.3 Å². The number of amides is 1. The number of hydrogen-bond acceptors (Lipinski definition) is 4. The molecule has 0 saturated heterocycles. The lowest BCUT2D eigenvalue weighted by Gasteiger charge is -2.20. The molecule has 172 valence electrons. The third-order valence-corrected chi connectivity index (χ3v) is 7.92. The zero-order valence-electron chi connectivity index (χ0n) is 18.2. The smallest absolute Gasteiger partial charge is 0.295 e. The highest BCUT2D eigenvalue weighted by atomic mass is 35.5. The largest absolute Gasteiger partial charge is 0.360 e. The van der Waals surface area contributed by atoms with E-state index in [0.717, 1.165) is 15.6 Å². The molecule has 4 rings (SSSR count).